The lowest BCUT2D eigenvalue weighted by atomic mass is 9.96. The Morgan fingerprint density at radius 1 is 1.47 bits per heavy atom. The lowest BCUT2D eigenvalue weighted by Crippen LogP contribution is -2.50. The number of carbonyl (C=O) groups excluding carboxylic acids is 1. The van der Waals surface area contributed by atoms with Gasteiger partial charge in [-0.1, -0.05) is 0 Å². The summed E-state index contributed by atoms with van der Waals surface area (Å²) in [6.45, 7) is 4.44. The number of carbonyl (C=O) groups is 2. The zero-order valence-corrected chi connectivity index (χ0v) is 12.1. The summed E-state index contributed by atoms with van der Waals surface area (Å²) in [6.07, 6.45) is 2.15. The summed E-state index contributed by atoms with van der Waals surface area (Å²) >= 11 is 0. The summed E-state index contributed by atoms with van der Waals surface area (Å²) < 4.78 is 0. The molecule has 1 amide bonds. The summed E-state index contributed by atoms with van der Waals surface area (Å²) in [5, 5.41) is 11.5. The third kappa shape index (κ3) is 5.16. The molecule has 1 fully saturated rings. The van der Waals surface area contributed by atoms with Crippen LogP contribution in [-0.2, 0) is 9.59 Å². The minimum Gasteiger partial charge on any atom is -0.480 e. The highest BCUT2D eigenvalue weighted by atomic mass is 16.4. The first kappa shape index (κ1) is 15.9. The maximum Gasteiger partial charge on any atom is 0.317 e. The lowest BCUT2D eigenvalue weighted by Gasteiger charge is -2.37. The van der Waals surface area contributed by atoms with E-state index in [1.165, 1.54) is 0 Å². The number of hydrogen-bond acceptors (Lipinski definition) is 4. The van der Waals surface area contributed by atoms with Crippen molar-refractivity contribution in [2.24, 2.45) is 5.92 Å². The lowest BCUT2D eigenvalue weighted by molar-refractivity contribution is -0.136. The maximum absolute atomic E-state index is 11.9. The predicted octanol–water partition coefficient (Wildman–Crippen LogP) is -0.151. The molecular weight excluding hydrogens is 246 g/mol. The molecule has 1 aliphatic heterocycles. The van der Waals surface area contributed by atoms with Crippen molar-refractivity contribution >= 4 is 11.9 Å². The van der Waals surface area contributed by atoms with Gasteiger partial charge >= 0.3 is 5.97 Å². The van der Waals surface area contributed by atoms with Gasteiger partial charge in [-0.3, -0.25) is 14.5 Å². The molecule has 0 aromatic heterocycles. The second-order valence-corrected chi connectivity index (χ2v) is 5.44. The standard InChI is InChI=1S/C13H25N3O3/c1-10(13(19)15(2)3)16-6-4-5-11(9-16)7-14-8-12(17)18/h10-11,14H,4-9H2,1-3H3,(H,17,18). The van der Waals surface area contributed by atoms with Crippen molar-refractivity contribution < 1.29 is 14.7 Å². The summed E-state index contributed by atoms with van der Waals surface area (Å²) in [5.74, 6) is -0.284. The van der Waals surface area contributed by atoms with E-state index in [0.29, 0.717) is 12.5 Å². The molecule has 110 valence electrons. The van der Waals surface area contributed by atoms with Crippen molar-refractivity contribution in [3.63, 3.8) is 0 Å². The van der Waals surface area contributed by atoms with Gasteiger partial charge in [0, 0.05) is 20.6 Å². The van der Waals surface area contributed by atoms with Gasteiger partial charge in [-0.25, -0.2) is 0 Å². The fraction of sp³-hybridized carbons (Fsp3) is 0.846. The molecule has 2 N–H and O–H groups in total. The van der Waals surface area contributed by atoms with Crippen LogP contribution in [0.2, 0.25) is 0 Å². The average molecular weight is 271 g/mol. The van der Waals surface area contributed by atoms with E-state index < -0.39 is 5.97 Å². The summed E-state index contributed by atoms with van der Waals surface area (Å²) in [5.41, 5.74) is 0. The SMILES string of the molecule is CC(C(=O)N(C)C)N1CCCC(CNCC(=O)O)C1. The van der Waals surface area contributed by atoms with Gasteiger partial charge in [-0.15, -0.1) is 0 Å². The van der Waals surface area contributed by atoms with Crippen LogP contribution in [0.4, 0.5) is 0 Å². The summed E-state index contributed by atoms with van der Waals surface area (Å²) in [6, 6.07) is -0.0997. The Hall–Kier alpha value is -1.14. The average Bonchev–Trinajstić information content (AvgIpc) is 2.36. The zero-order chi connectivity index (χ0) is 14.4. The number of aliphatic carboxylic acids is 1. The first-order valence-corrected chi connectivity index (χ1v) is 6.79. The predicted molar refractivity (Wildman–Crippen MR) is 73.0 cm³/mol. The molecule has 1 rings (SSSR count). The van der Waals surface area contributed by atoms with Crippen LogP contribution in [0.1, 0.15) is 19.8 Å². The quantitative estimate of drug-likeness (QED) is 0.703. The van der Waals surface area contributed by atoms with Crippen molar-refractivity contribution in [2.45, 2.75) is 25.8 Å². The Kier molecular flexibility index (Phi) is 6.24. The van der Waals surface area contributed by atoms with Crippen LogP contribution in [0.15, 0.2) is 0 Å². The van der Waals surface area contributed by atoms with Crippen molar-refractivity contribution in [1.82, 2.24) is 15.1 Å². The second kappa shape index (κ2) is 7.45. The van der Waals surface area contributed by atoms with Crippen LogP contribution in [0, 0.1) is 5.92 Å². The second-order valence-electron chi connectivity index (χ2n) is 5.44. The van der Waals surface area contributed by atoms with Crippen molar-refractivity contribution in [1.29, 1.82) is 0 Å². The van der Waals surface area contributed by atoms with Crippen molar-refractivity contribution in [3.8, 4) is 0 Å². The largest absolute Gasteiger partial charge is 0.480 e. The first-order valence-electron chi connectivity index (χ1n) is 6.79. The molecule has 6 heteroatoms. The van der Waals surface area contributed by atoms with E-state index in [2.05, 4.69) is 10.2 Å². The number of nitrogens with zero attached hydrogens (tertiary/aromatic N) is 2. The molecule has 0 aliphatic carbocycles. The molecular formula is C13H25N3O3. The highest BCUT2D eigenvalue weighted by Crippen LogP contribution is 2.18. The van der Waals surface area contributed by atoms with Gasteiger partial charge in [-0.05, 0) is 38.8 Å². The molecule has 0 radical (unpaired) electrons. The number of likely N-dealkylation sites (tertiary alicyclic amines) is 1. The highest BCUT2D eigenvalue weighted by Gasteiger charge is 2.27. The van der Waals surface area contributed by atoms with Gasteiger partial charge in [-0.2, -0.15) is 0 Å². The minimum atomic E-state index is -0.830. The van der Waals surface area contributed by atoms with E-state index in [-0.39, 0.29) is 18.5 Å². The van der Waals surface area contributed by atoms with E-state index in [4.69, 9.17) is 5.11 Å². The van der Waals surface area contributed by atoms with Gasteiger partial charge < -0.3 is 15.3 Å². The third-order valence-electron chi connectivity index (χ3n) is 3.61. The summed E-state index contributed by atoms with van der Waals surface area (Å²) in [7, 11) is 3.54. The molecule has 1 saturated heterocycles. The van der Waals surface area contributed by atoms with Gasteiger partial charge in [0.1, 0.15) is 0 Å². The van der Waals surface area contributed by atoms with E-state index >= 15 is 0 Å². The Labute approximate surface area is 114 Å². The molecule has 0 bridgehead atoms. The molecule has 2 atom stereocenters. The number of piperidine rings is 1. The van der Waals surface area contributed by atoms with Crippen LogP contribution < -0.4 is 5.32 Å². The maximum atomic E-state index is 11.9. The van der Waals surface area contributed by atoms with Crippen molar-refractivity contribution in [2.75, 3.05) is 40.3 Å². The van der Waals surface area contributed by atoms with Gasteiger partial charge in [0.05, 0.1) is 12.6 Å². The van der Waals surface area contributed by atoms with Gasteiger partial charge in [0.2, 0.25) is 5.91 Å². The van der Waals surface area contributed by atoms with E-state index in [9.17, 15) is 9.59 Å². The number of rotatable bonds is 6. The molecule has 1 heterocycles. The van der Waals surface area contributed by atoms with Gasteiger partial charge in [0.25, 0.3) is 0 Å². The van der Waals surface area contributed by atoms with Crippen LogP contribution in [0.5, 0.6) is 0 Å². The number of nitrogens with one attached hydrogen (secondary N) is 1. The number of amides is 1. The van der Waals surface area contributed by atoms with Crippen LogP contribution in [-0.4, -0.2) is 73.1 Å². The van der Waals surface area contributed by atoms with E-state index in [1.54, 1.807) is 19.0 Å². The van der Waals surface area contributed by atoms with Crippen LogP contribution >= 0.6 is 0 Å². The first-order chi connectivity index (χ1) is 8.91. The molecule has 6 nitrogen and oxygen atoms in total. The van der Waals surface area contributed by atoms with Gasteiger partial charge in [0.15, 0.2) is 0 Å². The van der Waals surface area contributed by atoms with E-state index in [1.807, 2.05) is 6.92 Å². The van der Waals surface area contributed by atoms with Crippen LogP contribution in [0.25, 0.3) is 0 Å². The molecule has 0 spiro atoms. The Balaban J connectivity index is 2.41. The number of carboxylic acid groups (broad SMARTS) is 1. The molecule has 1 aliphatic rings. The normalized spacial score (nSPS) is 21.9. The number of carboxylic acids is 1. The summed E-state index contributed by atoms with van der Waals surface area (Å²) in [4.78, 5) is 26.2. The molecule has 0 saturated carbocycles. The molecule has 19 heavy (non-hydrogen) atoms. The molecule has 0 aromatic rings. The molecule has 2 unspecified atom stereocenters. The monoisotopic (exact) mass is 271 g/mol. The molecule has 0 aromatic carbocycles. The fourth-order valence-corrected chi connectivity index (χ4v) is 2.53. The van der Waals surface area contributed by atoms with Crippen molar-refractivity contribution in [3.05, 3.63) is 0 Å². The van der Waals surface area contributed by atoms with Crippen LogP contribution in [0.3, 0.4) is 0 Å². The number of hydrogen-bond donors (Lipinski definition) is 2. The topological polar surface area (TPSA) is 72.9 Å². The minimum absolute atomic E-state index is 0.00266. The Bertz CT molecular complexity index is 320. The zero-order valence-electron chi connectivity index (χ0n) is 12.1. The van der Waals surface area contributed by atoms with E-state index in [0.717, 1.165) is 25.9 Å². The highest BCUT2D eigenvalue weighted by molar-refractivity contribution is 5.80. The fourth-order valence-electron chi connectivity index (χ4n) is 2.53. The third-order valence-corrected chi connectivity index (χ3v) is 3.61. The smallest absolute Gasteiger partial charge is 0.317 e. The number of likely N-dealkylation sites (N-methyl/N-ethyl adjacent to an activating group) is 1. The Morgan fingerprint density at radius 3 is 2.74 bits per heavy atom. The Morgan fingerprint density at radius 2 is 2.16 bits per heavy atom.